The van der Waals surface area contributed by atoms with Crippen LogP contribution in [0.5, 0.6) is 0 Å². The highest BCUT2D eigenvalue weighted by molar-refractivity contribution is 7.99. The second-order valence-electron chi connectivity index (χ2n) is 5.23. The van der Waals surface area contributed by atoms with Crippen LogP contribution in [0.2, 0.25) is 0 Å². The molecule has 1 amide bonds. The summed E-state index contributed by atoms with van der Waals surface area (Å²) in [6, 6.07) is 0.406. The minimum Gasteiger partial charge on any atom is -0.481 e. The van der Waals surface area contributed by atoms with E-state index in [2.05, 4.69) is 0 Å². The Balaban J connectivity index is 2.34. The topological polar surface area (TPSA) is 57.6 Å². The summed E-state index contributed by atoms with van der Waals surface area (Å²) in [6.07, 6.45) is 5.97. The Hall–Kier alpha value is -0.710. The van der Waals surface area contributed by atoms with Crippen LogP contribution < -0.4 is 0 Å². The molecule has 0 heterocycles. The van der Waals surface area contributed by atoms with Crippen LogP contribution >= 0.6 is 11.8 Å². The number of thioether (sulfide) groups is 1. The average Bonchev–Trinajstić information content (AvgIpc) is 2.40. The Kier molecular flexibility index (Phi) is 7.28. The maximum absolute atomic E-state index is 12.2. The van der Waals surface area contributed by atoms with E-state index in [1.807, 2.05) is 11.8 Å². The number of carboxylic acids is 1. The van der Waals surface area contributed by atoms with Crippen molar-refractivity contribution in [1.29, 1.82) is 0 Å². The predicted octanol–water partition coefficient (Wildman–Crippen LogP) is 2.62. The lowest BCUT2D eigenvalue weighted by Gasteiger charge is -2.33. The van der Waals surface area contributed by atoms with Crippen molar-refractivity contribution < 1.29 is 14.7 Å². The molecule has 19 heavy (non-hydrogen) atoms. The number of hydrogen-bond acceptors (Lipinski definition) is 3. The summed E-state index contributed by atoms with van der Waals surface area (Å²) in [6.45, 7) is 4.47. The molecule has 1 unspecified atom stereocenters. The highest BCUT2D eigenvalue weighted by Crippen LogP contribution is 2.23. The molecule has 1 N–H and O–H groups in total. The van der Waals surface area contributed by atoms with Crippen molar-refractivity contribution in [3.63, 3.8) is 0 Å². The Bertz CT molecular complexity index is 303. The zero-order chi connectivity index (χ0) is 14.3. The van der Waals surface area contributed by atoms with Crippen molar-refractivity contribution in [3.05, 3.63) is 0 Å². The highest BCUT2D eigenvalue weighted by Gasteiger charge is 2.24. The van der Waals surface area contributed by atoms with E-state index in [9.17, 15) is 9.59 Å². The zero-order valence-corrected chi connectivity index (χ0v) is 12.7. The first-order chi connectivity index (χ1) is 9.06. The summed E-state index contributed by atoms with van der Waals surface area (Å²) in [5, 5.41) is 8.80. The van der Waals surface area contributed by atoms with Gasteiger partial charge in [0, 0.05) is 18.3 Å². The summed E-state index contributed by atoms with van der Waals surface area (Å²) in [7, 11) is 0. The molecule has 0 bridgehead atoms. The molecule has 1 aliphatic rings. The van der Waals surface area contributed by atoms with Crippen LogP contribution in [-0.2, 0) is 9.59 Å². The van der Waals surface area contributed by atoms with Gasteiger partial charge in [-0.1, -0.05) is 26.2 Å². The minimum absolute atomic E-state index is 0.164. The van der Waals surface area contributed by atoms with Gasteiger partial charge in [0.1, 0.15) is 0 Å². The minimum atomic E-state index is -0.792. The van der Waals surface area contributed by atoms with E-state index in [-0.39, 0.29) is 11.8 Å². The maximum Gasteiger partial charge on any atom is 0.307 e. The first-order valence-electron chi connectivity index (χ1n) is 7.16. The third-order valence-electron chi connectivity index (χ3n) is 3.69. The third kappa shape index (κ3) is 5.43. The summed E-state index contributed by atoms with van der Waals surface area (Å²) >= 11 is 1.43. The maximum atomic E-state index is 12.2. The normalized spacial score (nSPS) is 18.0. The highest BCUT2D eigenvalue weighted by atomic mass is 32.2. The zero-order valence-electron chi connectivity index (χ0n) is 11.9. The fourth-order valence-corrected chi connectivity index (χ4v) is 3.46. The van der Waals surface area contributed by atoms with Gasteiger partial charge in [-0.25, -0.2) is 0 Å². The molecule has 1 aliphatic carbocycles. The average molecular weight is 287 g/mol. The Labute approximate surface area is 119 Å². The number of carbonyl (C=O) groups is 2. The van der Waals surface area contributed by atoms with E-state index in [1.54, 1.807) is 6.92 Å². The van der Waals surface area contributed by atoms with Crippen LogP contribution in [0.1, 0.15) is 46.0 Å². The molecule has 0 spiro atoms. The van der Waals surface area contributed by atoms with Gasteiger partial charge in [0.05, 0.1) is 11.7 Å². The lowest BCUT2D eigenvalue weighted by atomic mass is 9.94. The fraction of sp³-hybridized carbons (Fsp3) is 0.857. The van der Waals surface area contributed by atoms with Gasteiger partial charge in [0.25, 0.3) is 0 Å². The van der Waals surface area contributed by atoms with Crippen molar-refractivity contribution >= 4 is 23.6 Å². The van der Waals surface area contributed by atoms with E-state index in [1.165, 1.54) is 31.0 Å². The standard InChI is InChI=1S/C14H25NO3S/c1-3-15(12-7-5-4-6-8-12)13(16)10-19-9-11(2)14(17)18/h11-12H,3-10H2,1-2H3,(H,17,18). The van der Waals surface area contributed by atoms with Gasteiger partial charge in [-0.3, -0.25) is 9.59 Å². The molecule has 0 aromatic heterocycles. The van der Waals surface area contributed by atoms with Crippen molar-refractivity contribution in [2.45, 2.75) is 52.0 Å². The summed E-state index contributed by atoms with van der Waals surface area (Å²) in [5.74, 6) is -0.107. The number of amides is 1. The Morgan fingerprint density at radius 1 is 1.32 bits per heavy atom. The van der Waals surface area contributed by atoms with E-state index in [0.29, 0.717) is 17.5 Å². The van der Waals surface area contributed by atoms with Gasteiger partial charge in [-0.15, -0.1) is 0 Å². The van der Waals surface area contributed by atoms with Gasteiger partial charge in [-0.05, 0) is 19.8 Å². The molecule has 1 atom stereocenters. The molecule has 0 aliphatic heterocycles. The molecule has 1 saturated carbocycles. The number of hydrogen-bond donors (Lipinski definition) is 1. The monoisotopic (exact) mass is 287 g/mol. The second-order valence-corrected chi connectivity index (χ2v) is 6.26. The third-order valence-corrected chi connectivity index (χ3v) is 4.88. The number of nitrogens with zero attached hydrogens (tertiary/aromatic N) is 1. The summed E-state index contributed by atoms with van der Waals surface area (Å²) in [5.41, 5.74) is 0. The lowest BCUT2D eigenvalue weighted by molar-refractivity contribution is -0.140. The van der Waals surface area contributed by atoms with Crippen LogP contribution in [0.15, 0.2) is 0 Å². The number of aliphatic carboxylic acids is 1. The van der Waals surface area contributed by atoms with Gasteiger partial charge < -0.3 is 10.0 Å². The van der Waals surface area contributed by atoms with E-state index < -0.39 is 5.97 Å². The molecule has 1 rings (SSSR count). The largest absolute Gasteiger partial charge is 0.481 e. The summed E-state index contributed by atoms with van der Waals surface area (Å²) in [4.78, 5) is 24.9. The molecule has 0 aromatic carbocycles. The first-order valence-corrected chi connectivity index (χ1v) is 8.31. The summed E-state index contributed by atoms with van der Waals surface area (Å²) < 4.78 is 0. The number of rotatable bonds is 7. The molecule has 0 radical (unpaired) electrons. The van der Waals surface area contributed by atoms with Gasteiger partial charge in [0.2, 0.25) is 5.91 Å². The van der Waals surface area contributed by atoms with Crippen molar-refractivity contribution in [1.82, 2.24) is 4.90 Å². The van der Waals surface area contributed by atoms with Gasteiger partial charge >= 0.3 is 5.97 Å². The molecule has 0 aromatic rings. The molecular formula is C14H25NO3S. The predicted molar refractivity (Wildman–Crippen MR) is 78.4 cm³/mol. The first kappa shape index (κ1) is 16.3. The van der Waals surface area contributed by atoms with Crippen LogP contribution in [0.25, 0.3) is 0 Å². The molecular weight excluding hydrogens is 262 g/mol. The van der Waals surface area contributed by atoms with E-state index in [4.69, 9.17) is 5.11 Å². The number of carboxylic acid groups (broad SMARTS) is 1. The van der Waals surface area contributed by atoms with Crippen molar-refractivity contribution in [2.75, 3.05) is 18.1 Å². The molecule has 1 fully saturated rings. The Morgan fingerprint density at radius 3 is 2.47 bits per heavy atom. The van der Waals surface area contributed by atoms with Crippen molar-refractivity contribution in [2.24, 2.45) is 5.92 Å². The number of carbonyl (C=O) groups excluding carboxylic acids is 1. The van der Waals surface area contributed by atoms with Crippen LogP contribution in [0, 0.1) is 5.92 Å². The van der Waals surface area contributed by atoms with Gasteiger partial charge in [-0.2, -0.15) is 11.8 Å². The van der Waals surface area contributed by atoms with Crippen LogP contribution in [0.3, 0.4) is 0 Å². The van der Waals surface area contributed by atoms with Crippen molar-refractivity contribution in [3.8, 4) is 0 Å². The van der Waals surface area contributed by atoms with Crippen LogP contribution in [0.4, 0.5) is 0 Å². The van der Waals surface area contributed by atoms with Crippen LogP contribution in [-0.4, -0.2) is 46.0 Å². The van der Waals surface area contributed by atoms with E-state index >= 15 is 0 Å². The lowest BCUT2D eigenvalue weighted by Crippen LogP contribution is -2.42. The molecule has 0 saturated heterocycles. The molecule has 4 nitrogen and oxygen atoms in total. The smallest absolute Gasteiger partial charge is 0.307 e. The second kappa shape index (κ2) is 8.46. The molecule has 110 valence electrons. The Morgan fingerprint density at radius 2 is 1.95 bits per heavy atom. The van der Waals surface area contributed by atoms with E-state index in [0.717, 1.165) is 19.4 Å². The van der Waals surface area contributed by atoms with Gasteiger partial charge in [0.15, 0.2) is 0 Å². The quantitative estimate of drug-likeness (QED) is 0.782. The SMILES string of the molecule is CCN(C(=O)CSCC(C)C(=O)O)C1CCCCC1. The fourth-order valence-electron chi connectivity index (χ4n) is 2.51. The molecule has 5 heteroatoms.